The van der Waals surface area contributed by atoms with Crippen molar-refractivity contribution in [1.82, 2.24) is 25.2 Å². The first kappa shape index (κ1) is 30.7. The molecule has 8 heteroatoms. The average molecular weight is 524 g/mol. The highest BCUT2D eigenvalue weighted by Crippen LogP contribution is 2.27. The zero-order valence-corrected chi connectivity index (χ0v) is 23.7. The summed E-state index contributed by atoms with van der Waals surface area (Å²) >= 11 is 0. The van der Waals surface area contributed by atoms with Crippen LogP contribution in [0.1, 0.15) is 79.0 Å². The number of aromatic nitrogens is 3. The maximum atomic E-state index is 14.1. The lowest BCUT2D eigenvalue weighted by Gasteiger charge is -2.30. The summed E-state index contributed by atoms with van der Waals surface area (Å²) in [6.07, 6.45) is 4.63. The molecule has 1 aliphatic rings. The number of rotatable bonds is 7. The van der Waals surface area contributed by atoms with Gasteiger partial charge in [0.05, 0.1) is 12.2 Å². The summed E-state index contributed by atoms with van der Waals surface area (Å²) < 4.78 is 15.6. The summed E-state index contributed by atoms with van der Waals surface area (Å²) in [6.45, 7) is 14.4. The Morgan fingerprint density at radius 1 is 1.00 bits per heavy atom. The second kappa shape index (κ2) is 15.0. The van der Waals surface area contributed by atoms with Crippen molar-refractivity contribution in [2.75, 3.05) is 6.54 Å². The van der Waals surface area contributed by atoms with Gasteiger partial charge in [-0.15, -0.1) is 5.10 Å². The Hall–Kier alpha value is -3.55. The van der Waals surface area contributed by atoms with Gasteiger partial charge in [0.15, 0.2) is 0 Å². The summed E-state index contributed by atoms with van der Waals surface area (Å²) in [5.41, 5.74) is 2.23. The van der Waals surface area contributed by atoms with E-state index in [1.165, 1.54) is 6.07 Å². The van der Waals surface area contributed by atoms with Gasteiger partial charge in [-0.2, -0.15) is 0 Å². The van der Waals surface area contributed by atoms with Crippen molar-refractivity contribution >= 4 is 11.8 Å². The van der Waals surface area contributed by atoms with Crippen LogP contribution in [0.3, 0.4) is 0 Å². The van der Waals surface area contributed by atoms with Gasteiger partial charge in [0.2, 0.25) is 11.8 Å². The smallest absolute Gasteiger partial charge is 0.248 e. The normalized spacial score (nSPS) is 16.0. The van der Waals surface area contributed by atoms with Crippen molar-refractivity contribution in [3.05, 3.63) is 72.3 Å². The van der Waals surface area contributed by atoms with Crippen molar-refractivity contribution in [1.29, 1.82) is 0 Å². The van der Waals surface area contributed by atoms with Crippen LogP contribution in [-0.4, -0.2) is 44.3 Å². The van der Waals surface area contributed by atoms with Crippen LogP contribution in [-0.2, 0) is 9.59 Å². The summed E-state index contributed by atoms with van der Waals surface area (Å²) in [4.78, 5) is 28.2. The molecule has 2 heterocycles. The summed E-state index contributed by atoms with van der Waals surface area (Å²) in [6, 6.07) is 12.9. The fourth-order valence-electron chi connectivity index (χ4n) is 4.58. The zero-order chi connectivity index (χ0) is 28.2. The van der Waals surface area contributed by atoms with Gasteiger partial charge in [-0.25, -0.2) is 9.07 Å². The summed E-state index contributed by atoms with van der Waals surface area (Å²) in [5, 5.41) is 10.9. The van der Waals surface area contributed by atoms with Gasteiger partial charge < -0.3 is 10.2 Å². The minimum atomic E-state index is -0.516. The molecule has 1 aliphatic heterocycles. The van der Waals surface area contributed by atoms with Gasteiger partial charge in [-0.1, -0.05) is 89.2 Å². The van der Waals surface area contributed by atoms with Crippen molar-refractivity contribution in [3.8, 4) is 11.1 Å². The average Bonchev–Trinajstić information content (AvgIpc) is 3.64. The van der Waals surface area contributed by atoms with Crippen molar-refractivity contribution in [2.24, 2.45) is 5.92 Å². The van der Waals surface area contributed by atoms with E-state index in [9.17, 15) is 14.0 Å². The van der Waals surface area contributed by atoms with E-state index in [1.807, 2.05) is 72.7 Å². The topological polar surface area (TPSA) is 80.1 Å². The Balaban J connectivity index is 0.00000121. The minimum absolute atomic E-state index is 0.00500. The van der Waals surface area contributed by atoms with Crippen LogP contribution in [0.2, 0.25) is 0 Å². The van der Waals surface area contributed by atoms with Crippen LogP contribution in [0.5, 0.6) is 0 Å². The highest BCUT2D eigenvalue weighted by Gasteiger charge is 2.39. The lowest BCUT2D eigenvalue weighted by molar-refractivity contribution is -0.142. The van der Waals surface area contributed by atoms with E-state index in [2.05, 4.69) is 15.6 Å². The second-order valence-electron chi connectivity index (χ2n) is 9.09. The third-order valence-electron chi connectivity index (χ3n) is 6.40. The molecule has 3 atom stereocenters. The number of hydrogen-bond acceptors (Lipinski definition) is 4. The van der Waals surface area contributed by atoms with E-state index in [1.54, 1.807) is 40.2 Å². The zero-order valence-electron chi connectivity index (χ0n) is 23.7. The van der Waals surface area contributed by atoms with E-state index in [0.717, 1.165) is 17.5 Å². The van der Waals surface area contributed by atoms with Crippen LogP contribution in [0.15, 0.2) is 60.9 Å². The fourth-order valence-corrected chi connectivity index (χ4v) is 4.58. The molecule has 4 rings (SSSR count). The molecule has 0 saturated carbocycles. The highest BCUT2D eigenvalue weighted by molar-refractivity contribution is 5.90. The van der Waals surface area contributed by atoms with E-state index < -0.39 is 12.1 Å². The van der Waals surface area contributed by atoms with E-state index in [-0.39, 0.29) is 29.6 Å². The Bertz CT molecular complexity index is 1130. The molecular formula is C30H42FN5O2. The van der Waals surface area contributed by atoms with E-state index in [0.29, 0.717) is 18.5 Å². The molecule has 38 heavy (non-hydrogen) atoms. The maximum absolute atomic E-state index is 14.1. The molecule has 0 spiro atoms. The van der Waals surface area contributed by atoms with Crippen molar-refractivity contribution < 1.29 is 14.0 Å². The fraction of sp³-hybridized carbons (Fsp3) is 0.467. The van der Waals surface area contributed by atoms with Crippen LogP contribution in [0.4, 0.5) is 4.39 Å². The number of nitrogens with one attached hydrogen (secondary N) is 1. The minimum Gasteiger partial charge on any atom is -0.348 e. The number of hydrogen-bond donors (Lipinski definition) is 1. The molecule has 1 fully saturated rings. The van der Waals surface area contributed by atoms with Crippen molar-refractivity contribution in [3.63, 3.8) is 0 Å². The van der Waals surface area contributed by atoms with Gasteiger partial charge >= 0.3 is 0 Å². The third-order valence-corrected chi connectivity index (χ3v) is 6.40. The monoisotopic (exact) mass is 523 g/mol. The van der Waals surface area contributed by atoms with Crippen molar-refractivity contribution in [2.45, 2.75) is 79.4 Å². The van der Waals surface area contributed by atoms with Crippen LogP contribution >= 0.6 is 0 Å². The summed E-state index contributed by atoms with van der Waals surface area (Å²) in [5.74, 6) is -0.545. The molecule has 206 valence electrons. The molecule has 0 radical (unpaired) electrons. The second-order valence-corrected chi connectivity index (χ2v) is 9.09. The molecule has 1 N–H and O–H groups in total. The molecule has 7 nitrogen and oxygen atoms in total. The maximum Gasteiger partial charge on any atom is 0.248 e. The largest absolute Gasteiger partial charge is 0.348 e. The molecule has 2 amide bonds. The lowest BCUT2D eigenvalue weighted by atomic mass is 10.0. The first-order valence-corrected chi connectivity index (χ1v) is 13.7. The number of likely N-dealkylation sites (tertiary alicyclic amines) is 1. The van der Waals surface area contributed by atoms with Gasteiger partial charge in [0.25, 0.3) is 0 Å². The molecule has 3 aromatic rings. The van der Waals surface area contributed by atoms with E-state index in [4.69, 9.17) is 0 Å². The van der Waals surface area contributed by atoms with Gasteiger partial charge in [0, 0.05) is 18.3 Å². The molecule has 3 unspecified atom stereocenters. The van der Waals surface area contributed by atoms with Gasteiger partial charge in [-0.05, 0) is 42.9 Å². The van der Waals surface area contributed by atoms with Crippen LogP contribution in [0.25, 0.3) is 11.1 Å². The molecular weight excluding hydrogens is 481 g/mol. The SMILES string of the molecule is CC.CC.CC(NC(=O)C1CCCN1C(=O)C(C(C)C)n1ccnn1)c1ccc(-c2ccccc2F)cc1. The predicted molar refractivity (Wildman–Crippen MR) is 150 cm³/mol. The summed E-state index contributed by atoms with van der Waals surface area (Å²) in [7, 11) is 0. The Kier molecular flexibility index (Phi) is 12.1. The van der Waals surface area contributed by atoms with E-state index >= 15 is 0 Å². The number of benzene rings is 2. The van der Waals surface area contributed by atoms with Gasteiger partial charge in [0.1, 0.15) is 17.9 Å². The molecule has 0 bridgehead atoms. The third kappa shape index (κ3) is 7.27. The number of carbonyl (C=O) groups is 2. The highest BCUT2D eigenvalue weighted by atomic mass is 19.1. The molecule has 1 aromatic heterocycles. The Labute approximate surface area is 226 Å². The first-order valence-electron chi connectivity index (χ1n) is 13.7. The van der Waals surface area contributed by atoms with Crippen LogP contribution in [0, 0.1) is 11.7 Å². The molecule has 1 saturated heterocycles. The molecule has 2 aromatic carbocycles. The number of amides is 2. The standard InChI is InChI=1S/C26H30FN5O2.2C2H6/c1-17(2)24(32-16-14-28-30-32)26(34)31-15-6-9-23(31)25(33)29-18(3)19-10-12-20(13-11-19)21-7-4-5-8-22(21)27;2*1-2/h4-5,7-8,10-14,16-18,23-24H,6,9,15H2,1-3H3,(H,29,33);2*1-2H3. The molecule has 0 aliphatic carbocycles. The van der Waals surface area contributed by atoms with Gasteiger partial charge in [-0.3, -0.25) is 9.59 Å². The van der Waals surface area contributed by atoms with Crippen LogP contribution < -0.4 is 5.32 Å². The quantitative estimate of drug-likeness (QED) is 0.400. The Morgan fingerprint density at radius 2 is 1.66 bits per heavy atom. The Morgan fingerprint density at radius 3 is 2.24 bits per heavy atom. The number of carbonyl (C=O) groups excluding carboxylic acids is 2. The lowest BCUT2D eigenvalue weighted by Crippen LogP contribution is -2.49. The number of nitrogens with zero attached hydrogens (tertiary/aromatic N) is 4. The first-order chi connectivity index (χ1) is 18.4. The number of halogens is 1. The predicted octanol–water partition coefficient (Wildman–Crippen LogP) is 6.20.